The number of para-hydroxylation sites is 1. The van der Waals surface area contributed by atoms with E-state index in [1.165, 1.54) is 0 Å². The third-order valence-electron chi connectivity index (χ3n) is 2.98. The first-order valence-electron chi connectivity index (χ1n) is 5.53. The topological polar surface area (TPSA) is 61.7 Å². The van der Waals surface area contributed by atoms with E-state index in [1.54, 1.807) is 12.3 Å². The normalized spacial score (nSPS) is 11.2. The quantitative estimate of drug-likeness (QED) is 0.768. The van der Waals surface area contributed by atoms with Crippen LogP contribution in [-0.4, -0.2) is 19.1 Å². The molecule has 6 heteroatoms. The Morgan fingerprint density at radius 3 is 2.94 bits per heavy atom. The van der Waals surface area contributed by atoms with Crippen molar-refractivity contribution in [2.75, 3.05) is 5.73 Å². The molecule has 3 aromatic rings. The first-order chi connectivity index (χ1) is 8.66. The van der Waals surface area contributed by atoms with Crippen molar-refractivity contribution < 1.29 is 0 Å². The minimum atomic E-state index is 0.445. The summed E-state index contributed by atoms with van der Waals surface area (Å²) in [5, 5.41) is 0.609. The Labute approximate surface area is 109 Å². The smallest absolute Gasteiger partial charge is 0.201 e. The predicted molar refractivity (Wildman–Crippen MR) is 71.5 cm³/mol. The monoisotopic (exact) mass is 261 g/mol. The lowest BCUT2D eigenvalue weighted by Crippen LogP contribution is -2.08. The van der Waals surface area contributed by atoms with E-state index in [4.69, 9.17) is 17.3 Å². The third kappa shape index (κ3) is 1.64. The molecule has 0 saturated heterocycles. The van der Waals surface area contributed by atoms with E-state index in [0.29, 0.717) is 17.5 Å². The molecule has 0 amide bonds. The summed E-state index contributed by atoms with van der Waals surface area (Å²) in [6.07, 6.45) is 3.66. The maximum Gasteiger partial charge on any atom is 0.201 e. The molecular weight excluding hydrogens is 250 g/mol. The highest BCUT2D eigenvalue weighted by Crippen LogP contribution is 2.25. The number of nitrogen functional groups attached to an aromatic ring is 1. The molecule has 2 aromatic heterocycles. The maximum absolute atomic E-state index is 6.10. The summed E-state index contributed by atoms with van der Waals surface area (Å²) < 4.78 is 3.86. The Morgan fingerprint density at radius 1 is 1.39 bits per heavy atom. The first-order valence-corrected chi connectivity index (χ1v) is 5.91. The first kappa shape index (κ1) is 11.1. The van der Waals surface area contributed by atoms with E-state index in [2.05, 4.69) is 9.97 Å². The van der Waals surface area contributed by atoms with E-state index in [-0.39, 0.29) is 0 Å². The average Bonchev–Trinajstić information content (AvgIpc) is 2.87. The van der Waals surface area contributed by atoms with Crippen LogP contribution in [0, 0.1) is 0 Å². The summed E-state index contributed by atoms with van der Waals surface area (Å²) in [6, 6.07) is 5.65. The van der Waals surface area contributed by atoms with E-state index in [1.807, 2.05) is 34.5 Å². The molecule has 2 heterocycles. The van der Waals surface area contributed by atoms with Crippen molar-refractivity contribution >= 4 is 28.6 Å². The lowest BCUT2D eigenvalue weighted by atomic mass is 10.3. The van der Waals surface area contributed by atoms with Gasteiger partial charge in [-0.15, -0.1) is 0 Å². The zero-order chi connectivity index (χ0) is 12.7. The highest BCUT2D eigenvalue weighted by atomic mass is 35.5. The zero-order valence-corrected chi connectivity index (χ0v) is 10.6. The number of rotatable bonds is 2. The summed E-state index contributed by atoms with van der Waals surface area (Å²) in [5.41, 5.74) is 7.59. The molecule has 5 nitrogen and oxygen atoms in total. The Kier molecular flexibility index (Phi) is 2.48. The van der Waals surface area contributed by atoms with Crippen molar-refractivity contribution in [1.82, 2.24) is 19.1 Å². The number of halogens is 1. The summed E-state index contributed by atoms with van der Waals surface area (Å²) in [7, 11) is 1.95. The fraction of sp³-hybridized carbons (Fsp3) is 0.167. The van der Waals surface area contributed by atoms with Crippen LogP contribution < -0.4 is 5.73 Å². The van der Waals surface area contributed by atoms with Crippen LogP contribution in [0.5, 0.6) is 0 Å². The lowest BCUT2D eigenvalue weighted by Gasteiger charge is -2.06. The second-order valence-corrected chi connectivity index (χ2v) is 4.53. The second kappa shape index (κ2) is 4.03. The van der Waals surface area contributed by atoms with Crippen molar-refractivity contribution in [3.8, 4) is 0 Å². The van der Waals surface area contributed by atoms with E-state index in [0.717, 1.165) is 16.9 Å². The number of benzene rings is 1. The molecule has 0 fully saturated rings. The maximum atomic E-state index is 6.10. The number of aromatic nitrogens is 4. The van der Waals surface area contributed by atoms with Gasteiger partial charge in [-0.3, -0.25) is 0 Å². The molecule has 0 atom stereocenters. The van der Waals surface area contributed by atoms with Gasteiger partial charge in [0.05, 0.1) is 17.1 Å². The van der Waals surface area contributed by atoms with Crippen LogP contribution in [0.2, 0.25) is 5.02 Å². The van der Waals surface area contributed by atoms with Gasteiger partial charge >= 0.3 is 0 Å². The third-order valence-corrected chi connectivity index (χ3v) is 3.28. The fourth-order valence-corrected chi connectivity index (χ4v) is 2.20. The summed E-state index contributed by atoms with van der Waals surface area (Å²) in [5.74, 6) is 1.36. The highest BCUT2D eigenvalue weighted by Gasteiger charge is 2.12. The predicted octanol–water partition coefficient (Wildman–Crippen LogP) is 2.05. The molecule has 0 spiro atoms. The van der Waals surface area contributed by atoms with Crippen LogP contribution in [0.15, 0.2) is 30.6 Å². The summed E-state index contributed by atoms with van der Waals surface area (Å²) in [4.78, 5) is 8.58. The van der Waals surface area contributed by atoms with Gasteiger partial charge in [0.1, 0.15) is 11.3 Å². The largest absolute Gasteiger partial charge is 0.369 e. The average molecular weight is 262 g/mol. The molecule has 0 aliphatic carbocycles. The molecule has 0 unspecified atom stereocenters. The molecule has 1 aromatic carbocycles. The van der Waals surface area contributed by atoms with Gasteiger partial charge in [0.2, 0.25) is 5.95 Å². The number of aryl methyl sites for hydroxylation is 1. The molecule has 0 bridgehead atoms. The number of anilines is 1. The minimum absolute atomic E-state index is 0.445. The molecule has 0 aliphatic heterocycles. The van der Waals surface area contributed by atoms with Gasteiger partial charge in [0, 0.05) is 19.4 Å². The Hall–Kier alpha value is -2.01. The van der Waals surface area contributed by atoms with E-state index < -0.39 is 0 Å². The number of nitrogens with two attached hydrogens (primary N) is 1. The zero-order valence-electron chi connectivity index (χ0n) is 9.84. The van der Waals surface area contributed by atoms with Gasteiger partial charge in [0.25, 0.3) is 0 Å². The van der Waals surface area contributed by atoms with Gasteiger partial charge in [-0.05, 0) is 12.1 Å². The van der Waals surface area contributed by atoms with Crippen molar-refractivity contribution in [3.63, 3.8) is 0 Å². The van der Waals surface area contributed by atoms with E-state index in [9.17, 15) is 0 Å². The van der Waals surface area contributed by atoms with Crippen molar-refractivity contribution in [1.29, 1.82) is 0 Å². The number of hydrogen-bond donors (Lipinski definition) is 1. The van der Waals surface area contributed by atoms with Crippen LogP contribution in [0.1, 0.15) is 5.82 Å². The molecule has 2 N–H and O–H groups in total. The van der Waals surface area contributed by atoms with Gasteiger partial charge in [0.15, 0.2) is 0 Å². The molecule has 3 rings (SSSR count). The number of nitrogens with zero attached hydrogens (tertiary/aromatic N) is 4. The van der Waals surface area contributed by atoms with Crippen molar-refractivity contribution in [2.45, 2.75) is 6.54 Å². The van der Waals surface area contributed by atoms with Gasteiger partial charge < -0.3 is 14.9 Å². The standard InChI is InChI=1S/C12H12ClN5/c1-17-6-5-15-10(17)7-18-9-4-2-3-8(13)11(9)16-12(18)14/h2-6H,7H2,1H3,(H2,14,16). The van der Waals surface area contributed by atoms with Gasteiger partial charge in [-0.25, -0.2) is 9.97 Å². The number of imidazole rings is 2. The second-order valence-electron chi connectivity index (χ2n) is 4.12. The van der Waals surface area contributed by atoms with Crippen LogP contribution >= 0.6 is 11.6 Å². The van der Waals surface area contributed by atoms with Crippen molar-refractivity contribution in [2.24, 2.45) is 7.05 Å². The van der Waals surface area contributed by atoms with Crippen LogP contribution in [0.4, 0.5) is 5.95 Å². The van der Waals surface area contributed by atoms with Crippen molar-refractivity contribution in [3.05, 3.63) is 41.4 Å². The molecular formula is C12H12ClN5. The SMILES string of the molecule is Cn1ccnc1Cn1c(N)nc2c(Cl)cccc21. The minimum Gasteiger partial charge on any atom is -0.369 e. The molecule has 92 valence electrons. The Bertz CT molecular complexity index is 712. The Balaban J connectivity index is 2.15. The lowest BCUT2D eigenvalue weighted by molar-refractivity contribution is 0.720. The van der Waals surface area contributed by atoms with Crippen LogP contribution in [0.25, 0.3) is 11.0 Å². The molecule has 18 heavy (non-hydrogen) atoms. The Morgan fingerprint density at radius 2 is 2.22 bits per heavy atom. The van der Waals surface area contributed by atoms with Gasteiger partial charge in [-0.1, -0.05) is 17.7 Å². The van der Waals surface area contributed by atoms with Gasteiger partial charge in [-0.2, -0.15) is 0 Å². The van der Waals surface area contributed by atoms with Crippen LogP contribution in [0.3, 0.4) is 0 Å². The van der Waals surface area contributed by atoms with Crippen LogP contribution in [-0.2, 0) is 13.6 Å². The fourth-order valence-electron chi connectivity index (χ4n) is 1.99. The summed E-state index contributed by atoms with van der Waals surface area (Å²) in [6.45, 7) is 0.576. The molecule has 0 saturated carbocycles. The number of fused-ring (bicyclic) bond motifs is 1. The highest BCUT2D eigenvalue weighted by molar-refractivity contribution is 6.35. The molecule has 0 aliphatic rings. The number of hydrogen-bond acceptors (Lipinski definition) is 3. The molecule has 0 radical (unpaired) electrons. The summed E-state index contributed by atoms with van der Waals surface area (Å²) >= 11 is 6.10. The van der Waals surface area contributed by atoms with E-state index >= 15 is 0 Å².